The zero-order chi connectivity index (χ0) is 26.9. The van der Waals surface area contributed by atoms with E-state index < -0.39 is 17.3 Å². The minimum atomic E-state index is -4.56. The van der Waals surface area contributed by atoms with E-state index in [0.717, 1.165) is 22.9 Å². The van der Waals surface area contributed by atoms with Gasteiger partial charge in [0.05, 0.1) is 11.3 Å². The highest BCUT2D eigenvalue weighted by molar-refractivity contribution is 5.69. The molecule has 0 saturated carbocycles. The van der Waals surface area contributed by atoms with E-state index in [4.69, 9.17) is 4.74 Å². The summed E-state index contributed by atoms with van der Waals surface area (Å²) in [5.41, 5.74) is 0.441. The number of aromatic nitrogens is 2. The summed E-state index contributed by atoms with van der Waals surface area (Å²) in [6.07, 6.45) is -2.98. The summed E-state index contributed by atoms with van der Waals surface area (Å²) in [5, 5.41) is 10.6. The van der Waals surface area contributed by atoms with Gasteiger partial charge in [-0.2, -0.15) is 13.2 Å². The number of para-hydroxylation sites is 1. The van der Waals surface area contributed by atoms with Gasteiger partial charge in [0.2, 0.25) is 0 Å². The Bertz CT molecular complexity index is 1550. The van der Waals surface area contributed by atoms with Crippen LogP contribution in [0.25, 0.3) is 28.2 Å². The average Bonchev–Trinajstić information content (AvgIpc) is 3.36. The number of ether oxygens (including phenoxy) is 1. The monoisotopic (exact) mass is 514 g/mol. The van der Waals surface area contributed by atoms with Crippen LogP contribution in [-0.2, 0) is 11.8 Å². The minimum absolute atomic E-state index is 0.0664. The van der Waals surface area contributed by atoms with Gasteiger partial charge in [-0.15, -0.1) is 0 Å². The van der Waals surface area contributed by atoms with Crippen LogP contribution >= 0.6 is 0 Å². The molecule has 0 unspecified atom stereocenters. The first-order chi connectivity index (χ1) is 18.1. The maximum Gasteiger partial charge on any atom is 0.417 e. The van der Waals surface area contributed by atoms with E-state index in [1.54, 1.807) is 36.7 Å². The summed E-state index contributed by atoms with van der Waals surface area (Å²) in [6, 6.07) is 29.8. The Morgan fingerprint density at radius 3 is 2.08 bits per heavy atom. The van der Waals surface area contributed by atoms with Gasteiger partial charge in [-0.3, -0.25) is 4.57 Å². The fraction of sp³-hybridized carbons (Fsp3) is 0.129. The topological polar surface area (TPSA) is 47.3 Å². The van der Waals surface area contributed by atoms with E-state index in [0.29, 0.717) is 11.4 Å². The molecule has 7 heteroatoms. The van der Waals surface area contributed by atoms with Crippen LogP contribution in [0.3, 0.4) is 0 Å². The molecule has 1 N–H and O–H groups in total. The van der Waals surface area contributed by atoms with E-state index in [-0.39, 0.29) is 17.1 Å². The second-order valence-corrected chi connectivity index (χ2v) is 9.41. The lowest BCUT2D eigenvalue weighted by molar-refractivity contribution is -0.137. The van der Waals surface area contributed by atoms with Crippen molar-refractivity contribution in [1.82, 2.24) is 9.55 Å². The molecule has 38 heavy (non-hydrogen) atoms. The van der Waals surface area contributed by atoms with Crippen LogP contribution in [0.5, 0.6) is 11.5 Å². The molecule has 0 aliphatic rings. The van der Waals surface area contributed by atoms with Crippen molar-refractivity contribution in [1.29, 1.82) is 0 Å². The predicted molar refractivity (Wildman–Crippen MR) is 141 cm³/mol. The molecular formula is C31H25F3N2O2. The quantitative estimate of drug-likeness (QED) is 0.248. The fourth-order valence-corrected chi connectivity index (χ4v) is 4.16. The van der Waals surface area contributed by atoms with Crippen molar-refractivity contribution >= 4 is 0 Å². The zero-order valence-electron chi connectivity index (χ0n) is 20.8. The maximum atomic E-state index is 13.9. The largest absolute Gasteiger partial charge is 0.457 e. The number of alkyl halides is 3. The Balaban J connectivity index is 1.55. The normalized spacial score (nSPS) is 11.9. The highest BCUT2D eigenvalue weighted by atomic mass is 19.4. The number of halogens is 3. The van der Waals surface area contributed by atoms with Gasteiger partial charge in [0.25, 0.3) is 0 Å². The lowest BCUT2D eigenvalue weighted by Gasteiger charge is -2.15. The molecule has 4 nitrogen and oxygen atoms in total. The number of benzene rings is 4. The Labute approximate surface area is 218 Å². The number of imidazole rings is 1. The highest BCUT2D eigenvalue weighted by Gasteiger charge is 2.35. The SMILES string of the molecule is CC(C)(O)c1cn(-c2cccc(-c3ccc(Oc4ccccc4)cc3)c2)c(-c2ccccc2C(F)(F)F)n1. The Kier molecular flexibility index (Phi) is 6.55. The van der Waals surface area contributed by atoms with Crippen LogP contribution in [0.15, 0.2) is 109 Å². The first kappa shape index (κ1) is 25.3. The summed E-state index contributed by atoms with van der Waals surface area (Å²) in [6.45, 7) is 3.10. The van der Waals surface area contributed by atoms with E-state index in [9.17, 15) is 18.3 Å². The van der Waals surface area contributed by atoms with Crippen molar-refractivity contribution in [2.24, 2.45) is 0 Å². The van der Waals surface area contributed by atoms with Gasteiger partial charge in [-0.25, -0.2) is 4.98 Å². The molecule has 0 aliphatic carbocycles. The summed E-state index contributed by atoms with van der Waals surface area (Å²) < 4.78 is 49.1. The van der Waals surface area contributed by atoms with Gasteiger partial charge in [0, 0.05) is 17.4 Å². The van der Waals surface area contributed by atoms with E-state index in [1.165, 1.54) is 12.1 Å². The molecule has 0 fully saturated rings. The number of hydrogen-bond acceptors (Lipinski definition) is 3. The third kappa shape index (κ3) is 5.33. The van der Waals surface area contributed by atoms with Crippen molar-refractivity contribution in [3.05, 3.63) is 121 Å². The number of rotatable bonds is 6. The van der Waals surface area contributed by atoms with Gasteiger partial charge in [0.15, 0.2) is 0 Å². The zero-order valence-corrected chi connectivity index (χ0v) is 20.8. The molecule has 0 aliphatic heterocycles. The fourth-order valence-electron chi connectivity index (χ4n) is 4.16. The first-order valence-corrected chi connectivity index (χ1v) is 12.0. The molecule has 1 heterocycles. The number of hydrogen-bond donors (Lipinski definition) is 1. The van der Waals surface area contributed by atoms with Crippen molar-refractivity contribution in [3.8, 4) is 39.7 Å². The van der Waals surface area contributed by atoms with Crippen LogP contribution in [0, 0.1) is 0 Å². The molecule has 0 atom stereocenters. The molecule has 5 aromatic rings. The van der Waals surface area contributed by atoms with E-state index in [2.05, 4.69) is 4.98 Å². The Morgan fingerprint density at radius 2 is 1.39 bits per heavy atom. The lowest BCUT2D eigenvalue weighted by atomic mass is 10.0. The molecular weight excluding hydrogens is 489 g/mol. The summed E-state index contributed by atoms with van der Waals surface area (Å²) in [4.78, 5) is 4.45. The predicted octanol–water partition coefficient (Wildman–Crippen LogP) is 8.24. The molecule has 192 valence electrons. The molecule has 5 rings (SSSR count). The molecule has 0 spiro atoms. The standard InChI is InChI=1S/C31H25F3N2O2/c1-30(2,37)28-20-36(29(35-28)26-13-6-7-14-27(26)31(32,33)34)23-10-8-9-22(19-23)21-15-17-25(18-16-21)38-24-11-4-3-5-12-24/h3-20,37H,1-2H3. The van der Waals surface area contributed by atoms with Crippen molar-refractivity contribution < 1.29 is 23.0 Å². The highest BCUT2D eigenvalue weighted by Crippen LogP contribution is 2.38. The number of aliphatic hydroxyl groups is 1. The minimum Gasteiger partial charge on any atom is -0.457 e. The Morgan fingerprint density at radius 1 is 0.737 bits per heavy atom. The molecule has 0 radical (unpaired) electrons. The van der Waals surface area contributed by atoms with Crippen LogP contribution in [0.2, 0.25) is 0 Å². The smallest absolute Gasteiger partial charge is 0.417 e. The molecule has 0 saturated heterocycles. The van der Waals surface area contributed by atoms with Crippen molar-refractivity contribution in [3.63, 3.8) is 0 Å². The van der Waals surface area contributed by atoms with Crippen molar-refractivity contribution in [2.75, 3.05) is 0 Å². The van der Waals surface area contributed by atoms with Gasteiger partial charge in [-0.05, 0) is 67.4 Å². The molecule has 4 aromatic carbocycles. The molecule has 0 bridgehead atoms. The Hall–Kier alpha value is -4.36. The first-order valence-electron chi connectivity index (χ1n) is 12.0. The van der Waals surface area contributed by atoms with Gasteiger partial charge in [-0.1, -0.05) is 60.7 Å². The maximum absolute atomic E-state index is 13.9. The van der Waals surface area contributed by atoms with Crippen molar-refractivity contribution in [2.45, 2.75) is 25.6 Å². The lowest BCUT2D eigenvalue weighted by Crippen LogP contribution is -2.15. The van der Waals surface area contributed by atoms with Gasteiger partial charge < -0.3 is 9.84 Å². The van der Waals surface area contributed by atoms with Crippen LogP contribution < -0.4 is 4.74 Å². The molecule has 0 amide bonds. The number of nitrogens with zero attached hydrogens (tertiary/aromatic N) is 2. The summed E-state index contributed by atoms with van der Waals surface area (Å²) >= 11 is 0. The third-order valence-electron chi connectivity index (χ3n) is 6.10. The van der Waals surface area contributed by atoms with Gasteiger partial charge in [0.1, 0.15) is 22.9 Å². The third-order valence-corrected chi connectivity index (χ3v) is 6.10. The summed E-state index contributed by atoms with van der Waals surface area (Å²) in [7, 11) is 0. The average molecular weight is 515 g/mol. The second kappa shape index (κ2) is 9.84. The van der Waals surface area contributed by atoms with Crippen LogP contribution in [0.4, 0.5) is 13.2 Å². The van der Waals surface area contributed by atoms with Gasteiger partial charge >= 0.3 is 6.18 Å². The second-order valence-electron chi connectivity index (χ2n) is 9.41. The van der Waals surface area contributed by atoms with Crippen LogP contribution in [-0.4, -0.2) is 14.7 Å². The summed E-state index contributed by atoms with van der Waals surface area (Å²) in [5.74, 6) is 1.52. The molecule has 1 aromatic heterocycles. The van der Waals surface area contributed by atoms with E-state index >= 15 is 0 Å². The van der Waals surface area contributed by atoms with E-state index in [1.807, 2.05) is 72.8 Å². The van der Waals surface area contributed by atoms with Crippen LogP contribution in [0.1, 0.15) is 25.1 Å².